The minimum absolute atomic E-state index is 0.0861. The van der Waals surface area contributed by atoms with Crippen LogP contribution in [0.5, 0.6) is 0 Å². The number of hydrogen-bond acceptors (Lipinski definition) is 4. The summed E-state index contributed by atoms with van der Waals surface area (Å²) < 4.78 is 7.14. The second kappa shape index (κ2) is 6.78. The Kier molecular flexibility index (Phi) is 4.37. The van der Waals surface area contributed by atoms with E-state index >= 15 is 0 Å². The van der Waals surface area contributed by atoms with Crippen molar-refractivity contribution in [3.05, 3.63) is 65.2 Å². The van der Waals surface area contributed by atoms with Crippen molar-refractivity contribution in [2.24, 2.45) is 0 Å². The van der Waals surface area contributed by atoms with Gasteiger partial charge in [-0.2, -0.15) is 0 Å². The molecule has 3 rings (SSSR count). The van der Waals surface area contributed by atoms with E-state index in [1.165, 1.54) is 12.3 Å². The first-order valence-electron chi connectivity index (χ1n) is 7.25. The zero-order valence-corrected chi connectivity index (χ0v) is 12.4. The van der Waals surface area contributed by atoms with Gasteiger partial charge in [0.1, 0.15) is 11.3 Å². The number of carbonyl (C=O) groups excluding carboxylic acids is 1. The van der Waals surface area contributed by atoms with Crippen LogP contribution in [0.3, 0.4) is 0 Å². The molecule has 0 saturated carbocycles. The highest BCUT2D eigenvalue weighted by atomic mass is 16.3. The van der Waals surface area contributed by atoms with Crippen LogP contribution in [0.15, 0.2) is 58.5 Å². The van der Waals surface area contributed by atoms with Crippen LogP contribution in [0.1, 0.15) is 16.8 Å². The van der Waals surface area contributed by atoms with Gasteiger partial charge in [-0.05, 0) is 30.7 Å². The van der Waals surface area contributed by atoms with E-state index in [0.717, 1.165) is 13.0 Å². The van der Waals surface area contributed by atoms with Gasteiger partial charge in [0, 0.05) is 25.5 Å². The lowest BCUT2D eigenvalue weighted by Crippen LogP contribution is -2.30. The first-order valence-corrected chi connectivity index (χ1v) is 7.25. The number of carbonyl (C=O) groups is 1. The second-order valence-corrected chi connectivity index (χ2v) is 5.00. The summed E-state index contributed by atoms with van der Waals surface area (Å²) >= 11 is 0. The molecule has 0 fully saturated rings. The van der Waals surface area contributed by atoms with Crippen molar-refractivity contribution in [3.8, 4) is 11.5 Å². The fourth-order valence-corrected chi connectivity index (χ4v) is 2.21. The summed E-state index contributed by atoms with van der Waals surface area (Å²) in [5.41, 5.74) is 0.186. The second-order valence-electron chi connectivity index (χ2n) is 5.00. The van der Waals surface area contributed by atoms with Gasteiger partial charge >= 0.3 is 0 Å². The topological polar surface area (TPSA) is 92.9 Å². The number of pyridine rings is 1. The van der Waals surface area contributed by atoms with Gasteiger partial charge < -0.3 is 19.3 Å². The molecule has 0 aliphatic heterocycles. The van der Waals surface area contributed by atoms with Crippen molar-refractivity contribution in [2.75, 3.05) is 6.54 Å². The van der Waals surface area contributed by atoms with Gasteiger partial charge in [-0.25, -0.2) is 4.98 Å². The number of amides is 1. The molecule has 7 heteroatoms. The van der Waals surface area contributed by atoms with E-state index in [0.29, 0.717) is 18.0 Å². The van der Waals surface area contributed by atoms with Crippen LogP contribution in [0.25, 0.3) is 11.5 Å². The molecule has 7 nitrogen and oxygen atoms in total. The monoisotopic (exact) mass is 312 g/mol. The summed E-state index contributed by atoms with van der Waals surface area (Å²) in [7, 11) is 0. The fraction of sp³-hybridized carbons (Fsp3) is 0.188. The lowest BCUT2D eigenvalue weighted by Gasteiger charge is -2.06. The van der Waals surface area contributed by atoms with Crippen LogP contribution in [-0.4, -0.2) is 27.0 Å². The van der Waals surface area contributed by atoms with Crippen molar-refractivity contribution in [3.63, 3.8) is 0 Å². The number of aromatic amines is 1. The summed E-state index contributed by atoms with van der Waals surface area (Å²) in [6, 6.07) is 6.62. The van der Waals surface area contributed by atoms with E-state index < -0.39 is 5.56 Å². The molecule has 0 spiro atoms. The van der Waals surface area contributed by atoms with Crippen molar-refractivity contribution in [2.45, 2.75) is 13.0 Å². The Labute approximate surface area is 132 Å². The van der Waals surface area contributed by atoms with E-state index in [9.17, 15) is 9.59 Å². The summed E-state index contributed by atoms with van der Waals surface area (Å²) in [5, 5.41) is 2.74. The molecular formula is C16H16N4O3. The lowest BCUT2D eigenvalue weighted by molar-refractivity contribution is 0.0951. The van der Waals surface area contributed by atoms with Crippen molar-refractivity contribution in [1.29, 1.82) is 0 Å². The molecule has 3 aromatic rings. The van der Waals surface area contributed by atoms with Crippen LogP contribution in [-0.2, 0) is 6.54 Å². The van der Waals surface area contributed by atoms with Gasteiger partial charge in [0.05, 0.1) is 18.3 Å². The Balaban J connectivity index is 1.58. The average molecular weight is 312 g/mol. The van der Waals surface area contributed by atoms with Crippen LogP contribution >= 0.6 is 0 Å². The molecule has 0 aromatic carbocycles. The van der Waals surface area contributed by atoms with Gasteiger partial charge in [0.25, 0.3) is 11.5 Å². The summed E-state index contributed by atoms with van der Waals surface area (Å²) in [6.07, 6.45) is 7.57. The first-order chi connectivity index (χ1) is 11.2. The van der Waals surface area contributed by atoms with Gasteiger partial charge in [-0.3, -0.25) is 9.59 Å². The molecule has 0 bridgehead atoms. The quantitative estimate of drug-likeness (QED) is 0.677. The third-order valence-corrected chi connectivity index (χ3v) is 3.38. The molecule has 0 unspecified atom stereocenters. The fourth-order valence-electron chi connectivity index (χ4n) is 2.21. The number of rotatable bonds is 6. The maximum Gasteiger partial charge on any atom is 0.261 e. The van der Waals surface area contributed by atoms with Crippen molar-refractivity contribution < 1.29 is 9.21 Å². The highest BCUT2D eigenvalue weighted by Gasteiger charge is 2.11. The summed E-state index contributed by atoms with van der Waals surface area (Å²) in [6.45, 7) is 1.24. The molecule has 118 valence electrons. The van der Waals surface area contributed by atoms with Crippen LogP contribution < -0.4 is 10.9 Å². The molecule has 23 heavy (non-hydrogen) atoms. The van der Waals surface area contributed by atoms with E-state index in [1.54, 1.807) is 30.7 Å². The highest BCUT2D eigenvalue weighted by Crippen LogP contribution is 2.15. The van der Waals surface area contributed by atoms with E-state index in [2.05, 4.69) is 15.3 Å². The van der Waals surface area contributed by atoms with E-state index in [4.69, 9.17) is 4.42 Å². The van der Waals surface area contributed by atoms with Gasteiger partial charge in [0.2, 0.25) is 0 Å². The van der Waals surface area contributed by atoms with Crippen LogP contribution in [0.4, 0.5) is 0 Å². The SMILES string of the molecule is O=C(NCCCn1ccnc1)c1ccc(-c2ccco2)[nH]c1=O. The molecule has 0 saturated heterocycles. The Morgan fingerprint density at radius 1 is 1.35 bits per heavy atom. The Bertz CT molecular complexity index is 819. The van der Waals surface area contributed by atoms with Crippen LogP contribution in [0, 0.1) is 0 Å². The number of imidazole rings is 1. The number of nitrogens with zero attached hydrogens (tertiary/aromatic N) is 2. The predicted molar refractivity (Wildman–Crippen MR) is 83.9 cm³/mol. The van der Waals surface area contributed by atoms with Gasteiger partial charge in [-0.15, -0.1) is 0 Å². The normalized spacial score (nSPS) is 10.6. The first kappa shape index (κ1) is 14.8. The van der Waals surface area contributed by atoms with Crippen molar-refractivity contribution in [1.82, 2.24) is 19.9 Å². The number of hydrogen-bond donors (Lipinski definition) is 2. The lowest BCUT2D eigenvalue weighted by atomic mass is 10.2. The van der Waals surface area contributed by atoms with Crippen molar-refractivity contribution >= 4 is 5.91 Å². The summed E-state index contributed by atoms with van der Waals surface area (Å²) in [5.74, 6) is 0.164. The third-order valence-electron chi connectivity index (χ3n) is 3.38. The largest absolute Gasteiger partial charge is 0.463 e. The molecule has 0 aliphatic rings. The molecule has 0 aliphatic carbocycles. The van der Waals surface area contributed by atoms with E-state index in [1.807, 2.05) is 10.8 Å². The molecule has 0 atom stereocenters. The Morgan fingerprint density at radius 3 is 2.96 bits per heavy atom. The molecular weight excluding hydrogens is 296 g/mol. The number of H-pyrrole nitrogens is 1. The Hall–Kier alpha value is -3.09. The van der Waals surface area contributed by atoms with E-state index in [-0.39, 0.29) is 11.5 Å². The zero-order chi connectivity index (χ0) is 16.1. The van der Waals surface area contributed by atoms with Gasteiger partial charge in [0.15, 0.2) is 0 Å². The Morgan fingerprint density at radius 2 is 2.26 bits per heavy atom. The average Bonchev–Trinajstić information content (AvgIpc) is 3.24. The molecule has 2 N–H and O–H groups in total. The summed E-state index contributed by atoms with van der Waals surface area (Å²) in [4.78, 5) is 30.7. The maximum atomic E-state index is 12.1. The third kappa shape index (κ3) is 3.57. The highest BCUT2D eigenvalue weighted by molar-refractivity contribution is 5.93. The van der Waals surface area contributed by atoms with Crippen LogP contribution in [0.2, 0.25) is 0 Å². The minimum Gasteiger partial charge on any atom is -0.463 e. The molecule has 1 amide bonds. The predicted octanol–water partition coefficient (Wildman–Crippen LogP) is 1.65. The smallest absolute Gasteiger partial charge is 0.261 e. The number of aryl methyl sites for hydroxylation is 1. The molecule has 3 aromatic heterocycles. The number of aromatic nitrogens is 3. The molecule has 3 heterocycles. The number of nitrogens with one attached hydrogen (secondary N) is 2. The minimum atomic E-state index is -0.439. The zero-order valence-electron chi connectivity index (χ0n) is 12.4. The van der Waals surface area contributed by atoms with Gasteiger partial charge in [-0.1, -0.05) is 0 Å². The standard InChI is InChI=1S/C16H16N4O3/c21-15(18-6-2-8-20-9-7-17-11-20)12-4-5-13(19-16(12)22)14-3-1-10-23-14/h1,3-5,7,9-11H,2,6,8H2,(H,18,21)(H,19,22). The number of furan rings is 1. The molecule has 0 radical (unpaired) electrons. The maximum absolute atomic E-state index is 12.1.